The molecule has 22 heavy (non-hydrogen) atoms. The van der Waals surface area contributed by atoms with Crippen molar-refractivity contribution < 1.29 is 4.39 Å². The molecule has 0 N–H and O–H groups in total. The Bertz CT molecular complexity index is 598. The van der Waals surface area contributed by atoms with E-state index < -0.39 is 0 Å². The summed E-state index contributed by atoms with van der Waals surface area (Å²) in [6.45, 7) is 7.02. The molecule has 3 rings (SSSR count). The lowest BCUT2D eigenvalue weighted by Gasteiger charge is -2.21. The van der Waals surface area contributed by atoms with Gasteiger partial charge in [-0.05, 0) is 24.1 Å². The molecule has 1 aliphatic heterocycles. The molecule has 0 saturated carbocycles. The average molecular weight is 320 g/mol. The van der Waals surface area contributed by atoms with E-state index >= 15 is 0 Å². The minimum absolute atomic E-state index is 0.172. The van der Waals surface area contributed by atoms with Crippen molar-refractivity contribution in [1.29, 1.82) is 0 Å². The van der Waals surface area contributed by atoms with E-state index in [9.17, 15) is 4.39 Å². The van der Waals surface area contributed by atoms with Gasteiger partial charge in [0.15, 0.2) is 0 Å². The highest BCUT2D eigenvalue weighted by atomic mass is 32.1. The Kier molecular flexibility index (Phi) is 5.00. The summed E-state index contributed by atoms with van der Waals surface area (Å²) in [5.41, 5.74) is 1.17. The Morgan fingerprint density at radius 2 is 1.95 bits per heavy atom. The van der Waals surface area contributed by atoms with E-state index in [-0.39, 0.29) is 5.82 Å². The molecule has 0 spiro atoms. The van der Waals surface area contributed by atoms with Crippen molar-refractivity contribution >= 4 is 16.7 Å². The fourth-order valence-electron chi connectivity index (χ4n) is 2.69. The van der Waals surface area contributed by atoms with Gasteiger partial charge in [-0.15, -0.1) is 0 Å². The summed E-state index contributed by atoms with van der Waals surface area (Å²) in [6.07, 6.45) is 2.00. The van der Waals surface area contributed by atoms with Gasteiger partial charge >= 0.3 is 0 Å². The van der Waals surface area contributed by atoms with Crippen LogP contribution in [0.2, 0.25) is 0 Å². The quantitative estimate of drug-likeness (QED) is 0.867. The van der Waals surface area contributed by atoms with Gasteiger partial charge in [0, 0.05) is 50.7 Å². The van der Waals surface area contributed by atoms with Gasteiger partial charge in [-0.25, -0.2) is 9.37 Å². The summed E-state index contributed by atoms with van der Waals surface area (Å²) < 4.78 is 17.3. The van der Waals surface area contributed by atoms with Crippen LogP contribution in [0.15, 0.2) is 24.3 Å². The van der Waals surface area contributed by atoms with Gasteiger partial charge < -0.3 is 4.90 Å². The third kappa shape index (κ3) is 3.81. The van der Waals surface area contributed by atoms with Crippen LogP contribution in [0.1, 0.15) is 24.7 Å². The summed E-state index contributed by atoms with van der Waals surface area (Å²) in [5.74, 6) is 0.765. The van der Waals surface area contributed by atoms with E-state index in [2.05, 4.69) is 26.1 Å². The lowest BCUT2D eigenvalue weighted by Crippen LogP contribution is -2.30. The molecule has 0 amide bonds. The van der Waals surface area contributed by atoms with Gasteiger partial charge in [0.2, 0.25) is 5.13 Å². The Morgan fingerprint density at radius 3 is 2.68 bits per heavy atom. The minimum atomic E-state index is -0.172. The van der Waals surface area contributed by atoms with Crippen LogP contribution in [-0.2, 0) is 13.0 Å². The Balaban J connectivity index is 1.58. The van der Waals surface area contributed by atoms with Crippen LogP contribution in [-0.4, -0.2) is 40.4 Å². The molecule has 1 aliphatic rings. The van der Waals surface area contributed by atoms with Crippen LogP contribution in [0, 0.1) is 5.82 Å². The molecule has 0 radical (unpaired) electrons. The number of benzene rings is 1. The fraction of sp³-hybridized carbons (Fsp3) is 0.500. The highest BCUT2D eigenvalue weighted by molar-refractivity contribution is 7.09. The van der Waals surface area contributed by atoms with Crippen molar-refractivity contribution in [2.45, 2.75) is 26.3 Å². The molecule has 0 atom stereocenters. The standard InChI is InChI=1S/C16H21FN4S/c1-2-15-18-16(22-19-15)21-9-3-8-20(10-11-21)12-13-4-6-14(17)7-5-13/h4-7H,2-3,8-12H2,1H3. The zero-order valence-electron chi connectivity index (χ0n) is 12.8. The van der Waals surface area contributed by atoms with Gasteiger partial charge in [0.25, 0.3) is 0 Å². The Labute approximate surface area is 134 Å². The summed E-state index contributed by atoms with van der Waals surface area (Å²) in [6, 6.07) is 6.81. The fourth-order valence-corrected chi connectivity index (χ4v) is 3.49. The molecule has 2 heterocycles. The molecule has 1 fully saturated rings. The zero-order valence-corrected chi connectivity index (χ0v) is 13.7. The molecule has 1 aromatic heterocycles. The largest absolute Gasteiger partial charge is 0.346 e. The molecule has 0 bridgehead atoms. The molecule has 0 unspecified atom stereocenters. The first-order valence-electron chi connectivity index (χ1n) is 7.79. The first kappa shape index (κ1) is 15.4. The summed E-state index contributed by atoms with van der Waals surface area (Å²) in [4.78, 5) is 9.35. The van der Waals surface area contributed by atoms with E-state index in [1.807, 2.05) is 12.1 Å². The smallest absolute Gasteiger partial charge is 0.205 e. The minimum Gasteiger partial charge on any atom is -0.346 e. The zero-order chi connectivity index (χ0) is 15.4. The maximum atomic E-state index is 13.0. The maximum absolute atomic E-state index is 13.0. The molecule has 118 valence electrons. The van der Waals surface area contributed by atoms with Gasteiger partial charge in [-0.2, -0.15) is 4.37 Å². The molecule has 4 nitrogen and oxygen atoms in total. The molecular weight excluding hydrogens is 299 g/mol. The van der Waals surface area contributed by atoms with Crippen LogP contribution in [0.3, 0.4) is 0 Å². The Hall–Kier alpha value is -1.53. The third-order valence-electron chi connectivity index (χ3n) is 3.95. The van der Waals surface area contributed by atoms with Crippen molar-refractivity contribution in [2.75, 3.05) is 31.1 Å². The van der Waals surface area contributed by atoms with Crippen LogP contribution < -0.4 is 4.90 Å². The third-order valence-corrected chi connectivity index (χ3v) is 4.77. The number of hydrogen-bond donors (Lipinski definition) is 0. The molecule has 1 aromatic carbocycles. The van der Waals surface area contributed by atoms with Crippen LogP contribution in [0.4, 0.5) is 9.52 Å². The first-order chi connectivity index (χ1) is 10.7. The number of aryl methyl sites for hydroxylation is 1. The molecular formula is C16H21FN4S. The lowest BCUT2D eigenvalue weighted by molar-refractivity contribution is 0.285. The Morgan fingerprint density at radius 1 is 1.14 bits per heavy atom. The lowest BCUT2D eigenvalue weighted by atomic mass is 10.2. The number of halogens is 1. The highest BCUT2D eigenvalue weighted by Crippen LogP contribution is 2.20. The van der Waals surface area contributed by atoms with E-state index in [1.165, 1.54) is 29.2 Å². The topological polar surface area (TPSA) is 32.3 Å². The second-order valence-corrected chi connectivity index (χ2v) is 6.32. The van der Waals surface area contributed by atoms with Crippen LogP contribution >= 0.6 is 11.5 Å². The van der Waals surface area contributed by atoms with Crippen LogP contribution in [0.5, 0.6) is 0 Å². The number of anilines is 1. The van der Waals surface area contributed by atoms with Crippen molar-refractivity contribution in [3.05, 3.63) is 41.5 Å². The second kappa shape index (κ2) is 7.15. The van der Waals surface area contributed by atoms with Crippen molar-refractivity contribution in [1.82, 2.24) is 14.3 Å². The van der Waals surface area contributed by atoms with Crippen molar-refractivity contribution in [2.24, 2.45) is 0 Å². The predicted molar refractivity (Wildman–Crippen MR) is 87.8 cm³/mol. The van der Waals surface area contributed by atoms with Gasteiger partial charge in [0.05, 0.1) is 0 Å². The van der Waals surface area contributed by atoms with Gasteiger partial charge in [0.1, 0.15) is 11.6 Å². The summed E-state index contributed by atoms with van der Waals surface area (Å²) in [7, 11) is 0. The van der Waals surface area contributed by atoms with Crippen molar-refractivity contribution in [3.63, 3.8) is 0 Å². The molecule has 6 heteroatoms. The van der Waals surface area contributed by atoms with E-state index in [4.69, 9.17) is 0 Å². The van der Waals surface area contributed by atoms with Crippen molar-refractivity contribution in [3.8, 4) is 0 Å². The average Bonchev–Trinajstić information content (AvgIpc) is 2.90. The highest BCUT2D eigenvalue weighted by Gasteiger charge is 2.18. The van der Waals surface area contributed by atoms with Crippen LogP contribution in [0.25, 0.3) is 0 Å². The maximum Gasteiger partial charge on any atom is 0.205 e. The normalized spacial score (nSPS) is 16.7. The van der Waals surface area contributed by atoms with Gasteiger partial charge in [-0.3, -0.25) is 4.90 Å². The first-order valence-corrected chi connectivity index (χ1v) is 8.56. The number of rotatable bonds is 4. The number of hydrogen-bond acceptors (Lipinski definition) is 5. The SMILES string of the molecule is CCc1nsc(N2CCCN(Cc3ccc(F)cc3)CC2)n1. The van der Waals surface area contributed by atoms with E-state index in [1.54, 1.807) is 0 Å². The monoisotopic (exact) mass is 320 g/mol. The van der Waals surface area contributed by atoms with Gasteiger partial charge in [-0.1, -0.05) is 19.1 Å². The summed E-state index contributed by atoms with van der Waals surface area (Å²) in [5, 5.41) is 1.04. The molecule has 1 saturated heterocycles. The number of aromatic nitrogens is 2. The molecule has 0 aliphatic carbocycles. The molecule has 2 aromatic rings. The predicted octanol–water partition coefficient (Wildman–Crippen LogP) is 2.95. The van der Waals surface area contributed by atoms with E-state index in [0.29, 0.717) is 0 Å². The summed E-state index contributed by atoms with van der Waals surface area (Å²) >= 11 is 1.50. The second-order valence-electron chi connectivity index (χ2n) is 5.59. The van der Waals surface area contributed by atoms with E-state index in [0.717, 1.165) is 56.5 Å². The number of nitrogens with zero attached hydrogens (tertiary/aromatic N) is 4.